The Morgan fingerprint density at radius 2 is 2.28 bits per heavy atom. The second kappa shape index (κ2) is 5.28. The van der Waals surface area contributed by atoms with Crippen molar-refractivity contribution < 1.29 is 14.6 Å². The van der Waals surface area contributed by atoms with Crippen LogP contribution in [0.1, 0.15) is 23.6 Å². The normalized spacial score (nSPS) is 23.1. The monoisotopic (exact) mass is 313 g/mol. The lowest BCUT2D eigenvalue weighted by atomic mass is 9.96. The van der Waals surface area contributed by atoms with E-state index in [1.54, 1.807) is 7.11 Å². The van der Waals surface area contributed by atoms with Crippen molar-refractivity contribution >= 4 is 21.9 Å². The number of nitrogens with one attached hydrogen (secondary N) is 1. The maximum atomic E-state index is 11.0. The van der Waals surface area contributed by atoms with Crippen molar-refractivity contribution in [3.8, 4) is 5.75 Å². The molecule has 98 valence electrons. The summed E-state index contributed by atoms with van der Waals surface area (Å²) >= 11 is 3.46. The van der Waals surface area contributed by atoms with Crippen molar-refractivity contribution in [2.45, 2.75) is 19.4 Å². The second-order valence-corrected chi connectivity index (χ2v) is 5.43. The minimum absolute atomic E-state index is 0.105. The highest BCUT2D eigenvalue weighted by molar-refractivity contribution is 9.10. The molecular formula is C13H16BrNO3. The predicted octanol–water partition coefficient (Wildman–Crippen LogP) is 2.50. The van der Waals surface area contributed by atoms with E-state index in [0.29, 0.717) is 13.0 Å². The van der Waals surface area contributed by atoms with E-state index in [9.17, 15) is 4.79 Å². The van der Waals surface area contributed by atoms with E-state index in [4.69, 9.17) is 9.84 Å². The molecule has 1 saturated heterocycles. The maximum Gasteiger partial charge on any atom is 0.307 e. The molecule has 0 radical (unpaired) electrons. The summed E-state index contributed by atoms with van der Waals surface area (Å²) < 4.78 is 6.14. The molecule has 1 aromatic carbocycles. The molecule has 4 nitrogen and oxygen atoms in total. The number of hydrogen-bond donors (Lipinski definition) is 2. The smallest absolute Gasteiger partial charge is 0.307 e. The Morgan fingerprint density at radius 1 is 1.56 bits per heavy atom. The number of ether oxygens (including phenoxy) is 1. The molecular weight excluding hydrogens is 298 g/mol. The van der Waals surface area contributed by atoms with Crippen molar-refractivity contribution in [2.24, 2.45) is 5.92 Å². The van der Waals surface area contributed by atoms with Crippen LogP contribution in [0.2, 0.25) is 0 Å². The molecule has 1 heterocycles. The molecule has 0 spiro atoms. The molecule has 1 aliphatic rings. The second-order valence-electron chi connectivity index (χ2n) is 4.58. The molecule has 1 aliphatic heterocycles. The lowest BCUT2D eigenvalue weighted by Gasteiger charge is -2.16. The average molecular weight is 314 g/mol. The van der Waals surface area contributed by atoms with Crippen LogP contribution in [-0.4, -0.2) is 24.7 Å². The van der Waals surface area contributed by atoms with Gasteiger partial charge >= 0.3 is 5.97 Å². The van der Waals surface area contributed by atoms with Crippen molar-refractivity contribution in [3.63, 3.8) is 0 Å². The molecule has 2 rings (SSSR count). The molecule has 2 unspecified atom stereocenters. The van der Waals surface area contributed by atoms with E-state index < -0.39 is 5.97 Å². The Balaban J connectivity index is 2.25. The zero-order valence-electron chi connectivity index (χ0n) is 10.4. The summed E-state index contributed by atoms with van der Waals surface area (Å²) in [5.41, 5.74) is 2.24. The summed E-state index contributed by atoms with van der Waals surface area (Å²) in [6.45, 7) is 2.54. The highest BCUT2D eigenvalue weighted by Crippen LogP contribution is 2.35. The minimum atomic E-state index is -0.727. The van der Waals surface area contributed by atoms with Crippen LogP contribution in [0.25, 0.3) is 0 Å². The molecule has 0 bridgehead atoms. The molecule has 1 aromatic rings. The van der Waals surface area contributed by atoms with Gasteiger partial charge in [0.1, 0.15) is 5.75 Å². The number of carboxylic acid groups (broad SMARTS) is 1. The fourth-order valence-electron chi connectivity index (χ4n) is 2.36. The van der Waals surface area contributed by atoms with Gasteiger partial charge in [0.25, 0.3) is 0 Å². The maximum absolute atomic E-state index is 11.0. The first-order chi connectivity index (χ1) is 8.52. The number of carboxylic acids is 1. The Morgan fingerprint density at radius 3 is 2.83 bits per heavy atom. The van der Waals surface area contributed by atoms with Gasteiger partial charge in [-0.1, -0.05) is 0 Å². The summed E-state index contributed by atoms with van der Waals surface area (Å²) in [5.74, 6) is -0.227. The molecule has 1 fully saturated rings. The molecule has 2 N–H and O–H groups in total. The Bertz CT molecular complexity index is 476. The number of benzene rings is 1. The Kier molecular flexibility index (Phi) is 3.92. The van der Waals surface area contributed by atoms with Crippen LogP contribution in [0.15, 0.2) is 16.6 Å². The third kappa shape index (κ3) is 2.52. The number of methoxy groups -OCH3 is 1. The molecule has 0 aliphatic carbocycles. The highest BCUT2D eigenvalue weighted by atomic mass is 79.9. The van der Waals surface area contributed by atoms with E-state index in [1.807, 2.05) is 19.1 Å². The van der Waals surface area contributed by atoms with Gasteiger partial charge in [-0.25, -0.2) is 0 Å². The molecule has 0 aromatic heterocycles. The lowest BCUT2D eigenvalue weighted by molar-refractivity contribution is -0.141. The number of carbonyl (C=O) groups is 1. The van der Waals surface area contributed by atoms with Gasteiger partial charge in [0.05, 0.1) is 17.5 Å². The largest absolute Gasteiger partial charge is 0.496 e. The van der Waals surface area contributed by atoms with Gasteiger partial charge in [-0.15, -0.1) is 0 Å². The van der Waals surface area contributed by atoms with E-state index in [2.05, 4.69) is 21.2 Å². The number of hydrogen-bond acceptors (Lipinski definition) is 3. The number of aryl methyl sites for hydroxylation is 1. The molecule has 0 saturated carbocycles. The molecule has 18 heavy (non-hydrogen) atoms. The first-order valence-corrected chi connectivity index (χ1v) is 6.62. The number of halogens is 1. The fraction of sp³-hybridized carbons (Fsp3) is 0.462. The summed E-state index contributed by atoms with van der Waals surface area (Å²) in [6.07, 6.45) is 0.634. The third-order valence-corrected chi connectivity index (χ3v) is 4.02. The van der Waals surface area contributed by atoms with Crippen LogP contribution in [0.5, 0.6) is 5.75 Å². The zero-order valence-corrected chi connectivity index (χ0v) is 12.0. The molecule has 2 atom stereocenters. The van der Waals surface area contributed by atoms with Gasteiger partial charge in [-0.3, -0.25) is 4.79 Å². The minimum Gasteiger partial charge on any atom is -0.496 e. The standard InChI is InChI=1S/C13H16BrNO3/c1-7-3-12(18-2)10(14)5-9(7)11-4-8(6-15-11)13(16)17/h3,5,8,11,15H,4,6H2,1-2H3,(H,16,17). The van der Waals surface area contributed by atoms with Crippen molar-refractivity contribution in [1.29, 1.82) is 0 Å². The van der Waals surface area contributed by atoms with Crippen molar-refractivity contribution in [1.82, 2.24) is 5.32 Å². The zero-order chi connectivity index (χ0) is 13.3. The van der Waals surface area contributed by atoms with Gasteiger partial charge in [0.15, 0.2) is 0 Å². The quantitative estimate of drug-likeness (QED) is 0.900. The van der Waals surface area contributed by atoms with Crippen LogP contribution in [0.3, 0.4) is 0 Å². The number of aliphatic carboxylic acids is 1. The molecule has 5 heteroatoms. The van der Waals surface area contributed by atoms with E-state index in [1.165, 1.54) is 0 Å². The average Bonchev–Trinajstić information content (AvgIpc) is 2.81. The first kappa shape index (κ1) is 13.4. The lowest BCUT2D eigenvalue weighted by Crippen LogP contribution is -2.17. The first-order valence-electron chi connectivity index (χ1n) is 5.83. The van der Waals surface area contributed by atoms with Crippen LogP contribution in [-0.2, 0) is 4.79 Å². The summed E-state index contributed by atoms with van der Waals surface area (Å²) in [5, 5.41) is 12.3. The van der Waals surface area contributed by atoms with Crippen molar-refractivity contribution in [2.75, 3.05) is 13.7 Å². The molecule has 0 amide bonds. The Hall–Kier alpha value is -1.07. The van der Waals surface area contributed by atoms with Crippen LogP contribution >= 0.6 is 15.9 Å². The Labute approximate surface area is 114 Å². The van der Waals surface area contributed by atoms with E-state index >= 15 is 0 Å². The van der Waals surface area contributed by atoms with Gasteiger partial charge in [0.2, 0.25) is 0 Å². The summed E-state index contributed by atoms with van der Waals surface area (Å²) in [4.78, 5) is 11.0. The highest BCUT2D eigenvalue weighted by Gasteiger charge is 2.31. The number of rotatable bonds is 3. The van der Waals surface area contributed by atoms with Gasteiger partial charge in [-0.2, -0.15) is 0 Å². The van der Waals surface area contributed by atoms with Gasteiger partial charge in [0, 0.05) is 12.6 Å². The third-order valence-electron chi connectivity index (χ3n) is 3.40. The van der Waals surface area contributed by atoms with Crippen LogP contribution in [0.4, 0.5) is 0 Å². The topological polar surface area (TPSA) is 58.6 Å². The van der Waals surface area contributed by atoms with E-state index in [-0.39, 0.29) is 12.0 Å². The van der Waals surface area contributed by atoms with Gasteiger partial charge in [-0.05, 0) is 52.5 Å². The van der Waals surface area contributed by atoms with Crippen LogP contribution in [0, 0.1) is 12.8 Å². The van der Waals surface area contributed by atoms with E-state index in [0.717, 1.165) is 21.3 Å². The van der Waals surface area contributed by atoms with Crippen LogP contribution < -0.4 is 10.1 Å². The van der Waals surface area contributed by atoms with Gasteiger partial charge < -0.3 is 15.2 Å². The summed E-state index contributed by atoms with van der Waals surface area (Å²) in [6, 6.07) is 4.08. The fourth-order valence-corrected chi connectivity index (χ4v) is 2.89. The van der Waals surface area contributed by atoms with Crippen molar-refractivity contribution in [3.05, 3.63) is 27.7 Å². The summed E-state index contributed by atoms with van der Waals surface area (Å²) in [7, 11) is 1.63. The SMILES string of the molecule is COc1cc(C)c(C2CC(C(=O)O)CN2)cc1Br. The predicted molar refractivity (Wildman–Crippen MR) is 71.9 cm³/mol.